The number of aromatic nitrogens is 1. The Morgan fingerprint density at radius 3 is 1.33 bits per heavy atom. The second-order valence-corrected chi connectivity index (χ2v) is 8.27. The molecule has 0 saturated carbocycles. The summed E-state index contributed by atoms with van der Waals surface area (Å²) >= 11 is -5.62. The fourth-order valence-corrected chi connectivity index (χ4v) is 3.07. The molecule has 5 nitrogen and oxygen atoms in total. The molecule has 1 aromatic rings. The second kappa shape index (κ2) is 18.4. The summed E-state index contributed by atoms with van der Waals surface area (Å²) in [6, 6.07) is 6.31. The van der Waals surface area contributed by atoms with E-state index in [1.54, 1.807) is 0 Å². The van der Waals surface area contributed by atoms with Gasteiger partial charge in [-0.3, -0.25) is 0 Å². The van der Waals surface area contributed by atoms with E-state index in [1.165, 1.54) is 96.4 Å². The van der Waals surface area contributed by atoms with E-state index < -0.39 is 13.0 Å². The average Bonchev–Trinajstić information content (AvgIpc) is 2.61. The van der Waals surface area contributed by atoms with Gasteiger partial charge in [0.1, 0.15) is 6.54 Å². The predicted molar refractivity (Wildman–Crippen MR) is 99.0 cm³/mol. The van der Waals surface area contributed by atoms with Crippen molar-refractivity contribution in [3.05, 3.63) is 30.6 Å². The minimum atomic E-state index is -5.62. The van der Waals surface area contributed by atoms with E-state index in [1.807, 2.05) is 0 Å². The Kier molecular flexibility index (Phi) is 17.7. The molecule has 1 aromatic heterocycles. The van der Waals surface area contributed by atoms with Crippen molar-refractivity contribution in [1.82, 2.24) is 0 Å². The average molecular weight is 423 g/mol. The molecule has 1 rings (SSSR count). The normalized spacial score (nSPS) is 11.0. The van der Waals surface area contributed by atoms with Gasteiger partial charge >= 0.3 is 28.7 Å². The molecular formula is C21H38MnNO4. The number of rotatable bonds is 15. The zero-order valence-electron chi connectivity index (χ0n) is 17.0. The third kappa shape index (κ3) is 25.0. The van der Waals surface area contributed by atoms with Gasteiger partial charge in [0.15, 0.2) is 12.4 Å². The molecule has 1 heterocycles. The van der Waals surface area contributed by atoms with E-state index in [0.29, 0.717) is 0 Å². The molecule has 0 atom stereocenters. The number of pyridine rings is 1. The van der Waals surface area contributed by atoms with E-state index in [9.17, 15) is 0 Å². The van der Waals surface area contributed by atoms with Crippen LogP contribution < -0.4 is 8.76 Å². The third-order valence-corrected chi connectivity index (χ3v) is 4.55. The summed E-state index contributed by atoms with van der Waals surface area (Å²) in [7, 11) is 0. The van der Waals surface area contributed by atoms with Crippen LogP contribution in [0.1, 0.15) is 96.8 Å². The van der Waals surface area contributed by atoms with E-state index in [-0.39, 0.29) is 0 Å². The summed E-state index contributed by atoms with van der Waals surface area (Å²) in [4.78, 5) is 0. The number of nitrogens with zero attached hydrogens (tertiary/aromatic N) is 1. The van der Waals surface area contributed by atoms with Crippen LogP contribution in [-0.4, -0.2) is 0 Å². The van der Waals surface area contributed by atoms with Gasteiger partial charge in [-0.25, -0.2) is 4.57 Å². The van der Waals surface area contributed by atoms with Gasteiger partial charge in [-0.1, -0.05) is 90.0 Å². The molecule has 0 aromatic carbocycles. The van der Waals surface area contributed by atoms with Crippen LogP contribution in [0, 0.1) is 0 Å². The monoisotopic (exact) mass is 423 g/mol. The molecule has 0 saturated heterocycles. The Morgan fingerprint density at radius 2 is 0.963 bits per heavy atom. The summed E-state index contributed by atoms with van der Waals surface area (Å²) in [5, 5.41) is 0. The summed E-state index contributed by atoms with van der Waals surface area (Å²) in [5.41, 5.74) is 0. The van der Waals surface area contributed by atoms with Crippen molar-refractivity contribution in [2.24, 2.45) is 0 Å². The van der Waals surface area contributed by atoms with Gasteiger partial charge in [-0.05, 0) is 6.42 Å². The molecule has 0 spiro atoms. The Labute approximate surface area is 167 Å². The Morgan fingerprint density at radius 1 is 0.630 bits per heavy atom. The van der Waals surface area contributed by atoms with Crippen molar-refractivity contribution in [2.75, 3.05) is 0 Å². The van der Waals surface area contributed by atoms with Crippen LogP contribution >= 0.6 is 0 Å². The first-order valence-electron chi connectivity index (χ1n) is 10.5. The Balaban J connectivity index is 0.00000119. The maximum absolute atomic E-state index is 8.58. The van der Waals surface area contributed by atoms with Crippen molar-refractivity contribution in [3.8, 4) is 0 Å². The minimum absolute atomic E-state index is 1.18. The molecule has 27 heavy (non-hydrogen) atoms. The molecule has 0 N–H and O–H groups in total. The Hall–Kier alpha value is -0.971. The first-order chi connectivity index (χ1) is 12.9. The quantitative estimate of drug-likeness (QED) is 0.228. The molecule has 0 bridgehead atoms. The van der Waals surface area contributed by atoms with Crippen LogP contribution in [0.3, 0.4) is 0 Å². The molecule has 0 aliphatic carbocycles. The third-order valence-electron chi connectivity index (χ3n) is 4.55. The van der Waals surface area contributed by atoms with E-state index in [4.69, 9.17) is 15.7 Å². The van der Waals surface area contributed by atoms with Crippen molar-refractivity contribution < 1.29 is 33.2 Å². The maximum atomic E-state index is 8.58. The molecule has 0 radical (unpaired) electrons. The molecule has 0 unspecified atom stereocenters. The van der Waals surface area contributed by atoms with Crippen LogP contribution in [-0.2, 0) is 31.0 Å². The van der Waals surface area contributed by atoms with Crippen molar-refractivity contribution in [3.63, 3.8) is 0 Å². The standard InChI is InChI=1S/C21H38N.Mn.4O/c1-2-3-4-5-6-7-8-9-10-11-12-13-14-16-19-22-20-17-15-18-21-22;;;;;/h15,17-18,20-21H,2-14,16,19H2,1H3;;;;;/q+1;;;;;-1. The number of hydrogen-bond acceptors (Lipinski definition) is 4. The zero-order chi connectivity index (χ0) is 20.2. The topological polar surface area (TPSA) is 78.1 Å². The second-order valence-electron chi connectivity index (χ2n) is 7.09. The summed E-state index contributed by atoms with van der Waals surface area (Å²) in [6.45, 7) is 3.47. The van der Waals surface area contributed by atoms with Gasteiger partial charge in [0.25, 0.3) is 0 Å². The van der Waals surface area contributed by atoms with E-state index in [2.05, 4.69) is 42.1 Å². The SMILES string of the molecule is CCCCCCCCCCCCCCCC[n+]1ccccc1.[O]=[Mn](=[O])(=[O])[O-]. The van der Waals surface area contributed by atoms with Crippen LogP contribution in [0.2, 0.25) is 0 Å². The molecule has 0 aliphatic rings. The fraction of sp³-hybridized carbons (Fsp3) is 0.762. The van der Waals surface area contributed by atoms with Gasteiger partial charge in [0.2, 0.25) is 0 Å². The van der Waals surface area contributed by atoms with Crippen molar-refractivity contribution in [1.29, 1.82) is 0 Å². The van der Waals surface area contributed by atoms with Crippen LogP contribution in [0.25, 0.3) is 0 Å². The van der Waals surface area contributed by atoms with Gasteiger partial charge < -0.3 is 0 Å². The van der Waals surface area contributed by atoms with Gasteiger partial charge in [-0.2, -0.15) is 0 Å². The van der Waals surface area contributed by atoms with Crippen molar-refractivity contribution >= 4 is 0 Å². The fourth-order valence-electron chi connectivity index (χ4n) is 3.07. The number of aryl methyl sites for hydroxylation is 1. The van der Waals surface area contributed by atoms with E-state index >= 15 is 0 Å². The van der Waals surface area contributed by atoms with Gasteiger partial charge in [0, 0.05) is 18.6 Å². The first kappa shape index (κ1) is 26.0. The first-order valence-corrected chi connectivity index (χ1v) is 12.4. The molecule has 0 fully saturated rings. The van der Waals surface area contributed by atoms with E-state index in [0.717, 1.165) is 0 Å². The van der Waals surface area contributed by atoms with Crippen LogP contribution in [0.5, 0.6) is 0 Å². The van der Waals surface area contributed by atoms with Crippen LogP contribution in [0.4, 0.5) is 0 Å². The molecule has 0 amide bonds. The van der Waals surface area contributed by atoms with Gasteiger partial charge in [0.05, 0.1) is 0 Å². The van der Waals surface area contributed by atoms with Crippen LogP contribution in [0.15, 0.2) is 30.6 Å². The molecule has 158 valence electrons. The summed E-state index contributed by atoms with van der Waals surface area (Å²) < 4.78 is 36.6. The summed E-state index contributed by atoms with van der Waals surface area (Å²) in [5.74, 6) is 0. The molecular weight excluding hydrogens is 385 g/mol. The van der Waals surface area contributed by atoms with Crippen molar-refractivity contribution in [2.45, 2.75) is 103 Å². The summed E-state index contributed by atoms with van der Waals surface area (Å²) in [6.07, 6.45) is 24.4. The number of unbranched alkanes of at least 4 members (excludes halogenated alkanes) is 13. The molecule has 6 heteroatoms. The Bertz CT molecular complexity index is 569. The predicted octanol–water partition coefficient (Wildman–Crippen LogP) is 4.91. The molecule has 0 aliphatic heterocycles. The number of hydrogen-bond donors (Lipinski definition) is 0. The van der Waals surface area contributed by atoms with Gasteiger partial charge in [-0.15, -0.1) is 0 Å². The zero-order valence-corrected chi connectivity index (χ0v) is 18.1.